The summed E-state index contributed by atoms with van der Waals surface area (Å²) in [7, 11) is 1.63. The van der Waals surface area contributed by atoms with Crippen LogP contribution in [0.25, 0.3) is 6.08 Å². The third kappa shape index (κ3) is 4.74. The Morgan fingerprint density at radius 3 is 2.64 bits per heavy atom. The second-order valence-electron chi connectivity index (χ2n) is 5.17. The molecule has 1 aliphatic heterocycles. The second-order valence-corrected chi connectivity index (χ2v) is 8.13. The van der Waals surface area contributed by atoms with Crippen molar-refractivity contribution >= 4 is 62.9 Å². The SMILES string of the molecule is COc1ccc(/C=C2\SC(=S)NC2=O)cc1COc1ccc(I)cc1. The lowest BCUT2D eigenvalue weighted by Gasteiger charge is -2.11. The Balaban J connectivity index is 1.80. The molecule has 0 aliphatic carbocycles. The monoisotopic (exact) mass is 483 g/mol. The van der Waals surface area contributed by atoms with Crippen LogP contribution < -0.4 is 14.8 Å². The van der Waals surface area contributed by atoms with Crippen LogP contribution in [0.3, 0.4) is 0 Å². The van der Waals surface area contributed by atoms with Gasteiger partial charge in [0, 0.05) is 9.13 Å². The van der Waals surface area contributed by atoms with E-state index in [1.165, 1.54) is 11.8 Å². The molecule has 4 nitrogen and oxygen atoms in total. The molecule has 3 rings (SSSR count). The lowest BCUT2D eigenvalue weighted by Crippen LogP contribution is -2.17. The zero-order valence-electron chi connectivity index (χ0n) is 13.2. The zero-order chi connectivity index (χ0) is 17.8. The minimum absolute atomic E-state index is 0.164. The molecule has 2 aromatic rings. The van der Waals surface area contributed by atoms with Crippen molar-refractivity contribution in [3.63, 3.8) is 0 Å². The molecule has 0 radical (unpaired) electrons. The van der Waals surface area contributed by atoms with Gasteiger partial charge in [0.1, 0.15) is 22.4 Å². The van der Waals surface area contributed by atoms with Gasteiger partial charge in [0.25, 0.3) is 5.91 Å². The van der Waals surface area contributed by atoms with Crippen LogP contribution in [0.15, 0.2) is 47.4 Å². The molecular formula is C18H14INO3S2. The number of thiocarbonyl (C=S) groups is 1. The number of hydrogen-bond acceptors (Lipinski definition) is 5. The lowest BCUT2D eigenvalue weighted by atomic mass is 10.1. The van der Waals surface area contributed by atoms with Crippen LogP contribution >= 0.6 is 46.6 Å². The smallest absolute Gasteiger partial charge is 0.263 e. The number of carbonyl (C=O) groups excluding carboxylic acids is 1. The summed E-state index contributed by atoms with van der Waals surface area (Å²) in [6.45, 7) is 0.374. The number of thioether (sulfide) groups is 1. The molecule has 25 heavy (non-hydrogen) atoms. The highest BCUT2D eigenvalue weighted by Crippen LogP contribution is 2.28. The summed E-state index contributed by atoms with van der Waals surface area (Å²) in [5.74, 6) is 1.37. The number of benzene rings is 2. The quantitative estimate of drug-likeness (QED) is 0.389. The van der Waals surface area contributed by atoms with E-state index in [1.807, 2.05) is 48.5 Å². The molecule has 0 saturated carbocycles. The predicted octanol–water partition coefficient (Wildman–Crippen LogP) is 4.37. The van der Waals surface area contributed by atoms with E-state index in [0.29, 0.717) is 15.8 Å². The van der Waals surface area contributed by atoms with Crippen molar-refractivity contribution in [1.82, 2.24) is 5.32 Å². The van der Waals surface area contributed by atoms with Crippen LogP contribution in [0.1, 0.15) is 11.1 Å². The average Bonchev–Trinajstić information content (AvgIpc) is 2.92. The Morgan fingerprint density at radius 2 is 2.00 bits per heavy atom. The van der Waals surface area contributed by atoms with E-state index in [0.717, 1.165) is 26.2 Å². The van der Waals surface area contributed by atoms with Gasteiger partial charge in [0.05, 0.1) is 12.0 Å². The minimum Gasteiger partial charge on any atom is -0.496 e. The third-order valence-corrected chi connectivity index (χ3v) is 5.33. The summed E-state index contributed by atoms with van der Waals surface area (Å²) >= 11 is 8.53. The van der Waals surface area contributed by atoms with Crippen LogP contribution in [-0.2, 0) is 11.4 Å². The predicted molar refractivity (Wildman–Crippen MR) is 113 cm³/mol. The van der Waals surface area contributed by atoms with E-state index >= 15 is 0 Å². The molecule has 0 unspecified atom stereocenters. The van der Waals surface area contributed by atoms with E-state index in [9.17, 15) is 4.79 Å². The Kier molecular flexibility index (Phi) is 5.98. The number of methoxy groups -OCH3 is 1. The topological polar surface area (TPSA) is 47.6 Å². The van der Waals surface area contributed by atoms with Gasteiger partial charge in [-0.15, -0.1) is 0 Å². The van der Waals surface area contributed by atoms with Gasteiger partial charge in [-0.2, -0.15) is 0 Å². The van der Waals surface area contributed by atoms with E-state index in [-0.39, 0.29) is 5.91 Å². The summed E-state index contributed by atoms with van der Waals surface area (Å²) in [4.78, 5) is 12.4. The number of carbonyl (C=O) groups is 1. The van der Waals surface area contributed by atoms with E-state index < -0.39 is 0 Å². The standard InChI is InChI=1S/C18H14INO3S2/c1-22-15-7-2-11(9-16-17(21)20-18(24)25-16)8-12(15)10-23-14-5-3-13(19)4-6-14/h2-9H,10H2,1H3,(H,20,21,24)/b16-9-. The van der Waals surface area contributed by atoms with Crippen molar-refractivity contribution in [3.05, 3.63) is 62.1 Å². The van der Waals surface area contributed by atoms with Crippen LogP contribution in [0, 0.1) is 3.57 Å². The summed E-state index contributed by atoms with van der Waals surface area (Å²) in [5, 5.41) is 2.61. The van der Waals surface area contributed by atoms with Crippen LogP contribution in [0.5, 0.6) is 11.5 Å². The third-order valence-electron chi connectivity index (χ3n) is 3.45. The van der Waals surface area contributed by atoms with E-state index in [2.05, 4.69) is 27.9 Å². The minimum atomic E-state index is -0.164. The van der Waals surface area contributed by atoms with Gasteiger partial charge in [-0.3, -0.25) is 4.79 Å². The first kappa shape index (κ1) is 18.2. The molecular weight excluding hydrogens is 469 g/mol. The maximum atomic E-state index is 11.8. The molecule has 0 bridgehead atoms. The molecule has 1 amide bonds. The Labute approximate surface area is 169 Å². The highest BCUT2D eigenvalue weighted by molar-refractivity contribution is 14.1. The first-order chi connectivity index (χ1) is 12.0. The first-order valence-corrected chi connectivity index (χ1v) is 9.65. The molecule has 128 valence electrons. The second kappa shape index (κ2) is 8.20. The molecule has 1 saturated heterocycles. The van der Waals surface area contributed by atoms with Crippen LogP contribution in [-0.4, -0.2) is 17.3 Å². The number of hydrogen-bond donors (Lipinski definition) is 1. The number of halogens is 1. The maximum Gasteiger partial charge on any atom is 0.263 e. The van der Waals surface area contributed by atoms with Crippen LogP contribution in [0.2, 0.25) is 0 Å². The Morgan fingerprint density at radius 1 is 1.24 bits per heavy atom. The van der Waals surface area contributed by atoms with Gasteiger partial charge in [-0.05, 0) is 70.6 Å². The Bertz CT molecular complexity index is 850. The molecule has 0 aromatic heterocycles. The summed E-state index contributed by atoms with van der Waals surface area (Å²) in [6.07, 6.45) is 1.81. The highest BCUT2D eigenvalue weighted by Gasteiger charge is 2.22. The van der Waals surface area contributed by atoms with Gasteiger partial charge in [-0.25, -0.2) is 0 Å². The first-order valence-electron chi connectivity index (χ1n) is 7.35. The average molecular weight is 483 g/mol. The Hall–Kier alpha value is -1.58. The van der Waals surface area contributed by atoms with Crippen molar-refractivity contribution in [2.75, 3.05) is 7.11 Å². The van der Waals surface area contributed by atoms with Gasteiger partial charge < -0.3 is 14.8 Å². The normalized spacial score (nSPS) is 15.4. The van der Waals surface area contributed by atoms with Gasteiger partial charge in [0.15, 0.2) is 0 Å². The largest absolute Gasteiger partial charge is 0.496 e. The lowest BCUT2D eigenvalue weighted by molar-refractivity contribution is -0.115. The van der Waals surface area contributed by atoms with Gasteiger partial charge >= 0.3 is 0 Å². The number of amides is 1. The van der Waals surface area contributed by atoms with Gasteiger partial charge in [-0.1, -0.05) is 30.0 Å². The van der Waals surface area contributed by atoms with Crippen molar-refractivity contribution < 1.29 is 14.3 Å². The summed E-state index contributed by atoms with van der Waals surface area (Å²) < 4.78 is 12.9. The molecule has 1 N–H and O–H groups in total. The van der Waals surface area contributed by atoms with Crippen LogP contribution in [0.4, 0.5) is 0 Å². The van der Waals surface area contributed by atoms with E-state index in [1.54, 1.807) is 7.11 Å². The molecule has 1 heterocycles. The summed E-state index contributed by atoms with van der Waals surface area (Å²) in [6, 6.07) is 13.6. The van der Waals surface area contributed by atoms with E-state index in [4.69, 9.17) is 21.7 Å². The molecule has 2 aromatic carbocycles. The fraction of sp³-hybridized carbons (Fsp3) is 0.111. The van der Waals surface area contributed by atoms with Crippen molar-refractivity contribution in [2.24, 2.45) is 0 Å². The fourth-order valence-corrected chi connectivity index (χ4v) is 3.67. The number of ether oxygens (including phenoxy) is 2. The molecule has 1 fully saturated rings. The fourth-order valence-electron chi connectivity index (χ4n) is 2.27. The van der Waals surface area contributed by atoms with Crippen molar-refractivity contribution in [1.29, 1.82) is 0 Å². The number of rotatable bonds is 5. The van der Waals surface area contributed by atoms with Crippen molar-refractivity contribution in [2.45, 2.75) is 6.61 Å². The molecule has 0 spiro atoms. The summed E-state index contributed by atoms with van der Waals surface area (Å²) in [5.41, 5.74) is 1.80. The highest BCUT2D eigenvalue weighted by atomic mass is 127. The zero-order valence-corrected chi connectivity index (χ0v) is 17.0. The van der Waals surface area contributed by atoms with Gasteiger partial charge in [0.2, 0.25) is 0 Å². The number of nitrogens with one attached hydrogen (secondary N) is 1. The molecule has 1 aliphatic rings. The van der Waals surface area contributed by atoms with Crippen molar-refractivity contribution in [3.8, 4) is 11.5 Å². The molecule has 7 heteroatoms. The maximum absolute atomic E-state index is 11.8. The molecule has 0 atom stereocenters.